The minimum Gasteiger partial charge on any atom is -0.378 e. The Kier molecular flexibility index (Phi) is 4.61. The van der Waals surface area contributed by atoms with E-state index in [-0.39, 0.29) is 10.6 Å². The van der Waals surface area contributed by atoms with Crippen LogP contribution >= 0.6 is 0 Å². The first-order valence-electron chi connectivity index (χ1n) is 8.17. The van der Waals surface area contributed by atoms with E-state index in [1.165, 1.54) is 0 Å². The molecule has 8 nitrogen and oxygen atoms in total. The molecule has 1 aromatic heterocycles. The summed E-state index contributed by atoms with van der Waals surface area (Å²) in [6, 6.07) is 0. The zero-order chi connectivity index (χ0) is 16.4. The number of rotatable bonds is 3. The first-order valence-corrected chi connectivity index (χ1v) is 8.17. The molecule has 0 saturated carbocycles. The van der Waals surface area contributed by atoms with E-state index in [1.807, 2.05) is 4.90 Å². The van der Waals surface area contributed by atoms with E-state index in [0.717, 1.165) is 25.9 Å². The fourth-order valence-electron chi connectivity index (χ4n) is 3.10. The number of aromatic nitrogens is 2. The predicted molar refractivity (Wildman–Crippen MR) is 87.1 cm³/mol. The molecule has 0 aromatic carbocycles. The number of nitrogens with zero attached hydrogens (tertiary/aromatic N) is 5. The summed E-state index contributed by atoms with van der Waals surface area (Å²) < 4.78 is 5.34. The largest absolute Gasteiger partial charge is 0.378 e. The molecule has 0 spiro atoms. The van der Waals surface area contributed by atoms with Crippen molar-refractivity contribution in [2.24, 2.45) is 5.92 Å². The van der Waals surface area contributed by atoms with Crippen LogP contribution in [-0.4, -0.2) is 54.3 Å². The van der Waals surface area contributed by atoms with E-state index >= 15 is 0 Å². The van der Waals surface area contributed by atoms with E-state index < -0.39 is 0 Å². The maximum atomic E-state index is 11.5. The van der Waals surface area contributed by atoms with Gasteiger partial charge >= 0.3 is 5.69 Å². The number of anilines is 2. The molecule has 3 heterocycles. The standard InChI is InChI=1S/C15H23N5O3/c1-11-3-5-19(6-4-11)15-16-12(2)13(20(21)22)14(17-15)18-7-9-23-10-8-18/h11H,3-10H2,1-2H3. The second kappa shape index (κ2) is 6.66. The highest BCUT2D eigenvalue weighted by Crippen LogP contribution is 2.32. The topological polar surface area (TPSA) is 84.6 Å². The molecule has 2 aliphatic heterocycles. The summed E-state index contributed by atoms with van der Waals surface area (Å²) >= 11 is 0. The van der Waals surface area contributed by atoms with Gasteiger partial charge in [-0.2, -0.15) is 4.98 Å². The number of nitro groups is 1. The molecule has 2 aliphatic rings. The Labute approximate surface area is 135 Å². The van der Waals surface area contributed by atoms with Gasteiger partial charge in [0.25, 0.3) is 0 Å². The van der Waals surface area contributed by atoms with E-state index in [1.54, 1.807) is 6.92 Å². The molecule has 0 bridgehead atoms. The number of morpholine rings is 1. The van der Waals surface area contributed by atoms with E-state index in [0.29, 0.717) is 49.7 Å². The van der Waals surface area contributed by atoms with Crippen LogP contribution in [0.2, 0.25) is 0 Å². The second-order valence-corrected chi connectivity index (χ2v) is 6.31. The van der Waals surface area contributed by atoms with E-state index in [9.17, 15) is 10.1 Å². The normalized spacial score (nSPS) is 19.9. The van der Waals surface area contributed by atoms with Gasteiger partial charge in [-0.15, -0.1) is 0 Å². The highest BCUT2D eigenvalue weighted by molar-refractivity contribution is 5.63. The monoisotopic (exact) mass is 321 g/mol. The van der Waals surface area contributed by atoms with E-state index in [2.05, 4.69) is 21.8 Å². The second-order valence-electron chi connectivity index (χ2n) is 6.31. The summed E-state index contributed by atoms with van der Waals surface area (Å²) in [6.45, 7) is 8.12. The molecule has 3 rings (SSSR count). The Bertz CT molecular complexity index is 581. The summed E-state index contributed by atoms with van der Waals surface area (Å²) in [6.07, 6.45) is 2.21. The summed E-state index contributed by atoms with van der Waals surface area (Å²) in [7, 11) is 0. The SMILES string of the molecule is Cc1nc(N2CCC(C)CC2)nc(N2CCOCC2)c1[N+](=O)[O-]. The lowest BCUT2D eigenvalue weighted by molar-refractivity contribution is -0.385. The van der Waals surface area contributed by atoms with Gasteiger partial charge < -0.3 is 14.5 Å². The lowest BCUT2D eigenvalue weighted by Crippen LogP contribution is -2.38. The number of aryl methyl sites for hydroxylation is 1. The molecule has 2 saturated heterocycles. The lowest BCUT2D eigenvalue weighted by Gasteiger charge is -2.32. The third-order valence-electron chi connectivity index (χ3n) is 4.59. The molecular formula is C15H23N5O3. The number of ether oxygens (including phenoxy) is 1. The Morgan fingerprint density at radius 2 is 1.78 bits per heavy atom. The molecule has 1 aromatic rings. The van der Waals surface area contributed by atoms with Crippen molar-refractivity contribution in [3.8, 4) is 0 Å². The maximum Gasteiger partial charge on any atom is 0.332 e. The first kappa shape index (κ1) is 15.9. The average molecular weight is 321 g/mol. The van der Waals surface area contributed by atoms with Crippen molar-refractivity contribution in [1.82, 2.24) is 9.97 Å². The molecular weight excluding hydrogens is 298 g/mol. The molecule has 0 unspecified atom stereocenters. The van der Waals surface area contributed by atoms with Gasteiger partial charge in [-0.1, -0.05) is 6.92 Å². The quantitative estimate of drug-likeness (QED) is 0.619. The van der Waals surface area contributed by atoms with Crippen molar-refractivity contribution >= 4 is 17.5 Å². The smallest absolute Gasteiger partial charge is 0.332 e. The fraction of sp³-hybridized carbons (Fsp3) is 0.733. The number of hydrogen-bond donors (Lipinski definition) is 0. The molecule has 126 valence electrons. The maximum absolute atomic E-state index is 11.5. The van der Waals surface area contributed by atoms with Crippen LogP contribution in [0.15, 0.2) is 0 Å². The minimum atomic E-state index is -0.373. The number of piperidine rings is 1. The Hall–Kier alpha value is -1.96. The summed E-state index contributed by atoms with van der Waals surface area (Å²) in [4.78, 5) is 24.2. The molecule has 23 heavy (non-hydrogen) atoms. The molecule has 0 N–H and O–H groups in total. The van der Waals surface area contributed by atoms with Crippen molar-refractivity contribution in [2.45, 2.75) is 26.7 Å². The molecule has 0 radical (unpaired) electrons. The van der Waals surface area contributed by atoms with Gasteiger partial charge in [0, 0.05) is 26.2 Å². The van der Waals surface area contributed by atoms with Crippen LogP contribution in [0.1, 0.15) is 25.5 Å². The van der Waals surface area contributed by atoms with Crippen LogP contribution in [0.3, 0.4) is 0 Å². The lowest BCUT2D eigenvalue weighted by atomic mass is 10.00. The van der Waals surface area contributed by atoms with Gasteiger partial charge in [-0.05, 0) is 25.7 Å². The average Bonchev–Trinajstić information content (AvgIpc) is 2.55. The fourth-order valence-corrected chi connectivity index (χ4v) is 3.10. The van der Waals surface area contributed by atoms with E-state index in [4.69, 9.17) is 4.74 Å². The van der Waals surface area contributed by atoms with Crippen LogP contribution in [0, 0.1) is 23.0 Å². The van der Waals surface area contributed by atoms with Gasteiger partial charge in [0.15, 0.2) is 0 Å². The van der Waals surface area contributed by atoms with Gasteiger partial charge in [0.2, 0.25) is 11.8 Å². The predicted octanol–water partition coefficient (Wildman–Crippen LogP) is 1.77. The van der Waals surface area contributed by atoms with Crippen LogP contribution in [0.5, 0.6) is 0 Å². The molecule has 8 heteroatoms. The Morgan fingerprint density at radius 1 is 1.13 bits per heavy atom. The van der Waals surface area contributed by atoms with Crippen molar-refractivity contribution in [3.63, 3.8) is 0 Å². The summed E-state index contributed by atoms with van der Waals surface area (Å²) in [5.74, 6) is 1.75. The summed E-state index contributed by atoms with van der Waals surface area (Å²) in [5, 5.41) is 11.5. The minimum absolute atomic E-state index is 0.0148. The zero-order valence-corrected chi connectivity index (χ0v) is 13.7. The zero-order valence-electron chi connectivity index (χ0n) is 13.7. The first-order chi connectivity index (χ1) is 11.1. The van der Waals surface area contributed by atoms with Gasteiger partial charge in [-0.25, -0.2) is 4.98 Å². The summed E-state index contributed by atoms with van der Waals surface area (Å²) in [5.41, 5.74) is 0.446. The van der Waals surface area contributed by atoms with Gasteiger partial charge in [0.1, 0.15) is 5.69 Å². The third kappa shape index (κ3) is 3.36. The Balaban J connectivity index is 1.95. The molecule has 2 fully saturated rings. The molecule has 0 atom stereocenters. The third-order valence-corrected chi connectivity index (χ3v) is 4.59. The van der Waals surface area contributed by atoms with Gasteiger partial charge in [0.05, 0.1) is 18.1 Å². The van der Waals surface area contributed by atoms with Crippen LogP contribution < -0.4 is 9.80 Å². The molecule has 0 aliphatic carbocycles. The molecule has 0 amide bonds. The Morgan fingerprint density at radius 3 is 2.39 bits per heavy atom. The van der Waals surface area contributed by atoms with Crippen LogP contribution in [-0.2, 0) is 4.74 Å². The van der Waals surface area contributed by atoms with Crippen molar-refractivity contribution in [3.05, 3.63) is 15.8 Å². The van der Waals surface area contributed by atoms with Crippen molar-refractivity contribution < 1.29 is 9.66 Å². The number of hydrogen-bond acceptors (Lipinski definition) is 7. The van der Waals surface area contributed by atoms with Gasteiger partial charge in [-0.3, -0.25) is 10.1 Å². The van der Waals surface area contributed by atoms with Crippen LogP contribution in [0.4, 0.5) is 17.5 Å². The van der Waals surface area contributed by atoms with Crippen molar-refractivity contribution in [1.29, 1.82) is 0 Å². The van der Waals surface area contributed by atoms with Crippen LogP contribution in [0.25, 0.3) is 0 Å². The highest BCUT2D eigenvalue weighted by Gasteiger charge is 2.29. The highest BCUT2D eigenvalue weighted by atomic mass is 16.6. The van der Waals surface area contributed by atoms with Crippen molar-refractivity contribution in [2.75, 3.05) is 49.2 Å².